The molecule has 0 amide bonds. The van der Waals surface area contributed by atoms with Crippen molar-refractivity contribution in [2.24, 2.45) is 5.41 Å². The number of nitrogens with one attached hydrogen (secondary N) is 1. The van der Waals surface area contributed by atoms with E-state index in [0.29, 0.717) is 13.2 Å². The van der Waals surface area contributed by atoms with Gasteiger partial charge in [0.2, 0.25) is 0 Å². The predicted molar refractivity (Wildman–Crippen MR) is 93.2 cm³/mol. The molecule has 0 aliphatic heterocycles. The molecule has 0 unspecified atom stereocenters. The van der Waals surface area contributed by atoms with E-state index in [1.165, 1.54) is 0 Å². The van der Waals surface area contributed by atoms with E-state index in [-0.39, 0.29) is 5.97 Å². The highest BCUT2D eigenvalue weighted by Crippen LogP contribution is 2.47. The first kappa shape index (κ1) is 16.5. The maximum Gasteiger partial charge on any atom is 0.313 e. The van der Waals surface area contributed by atoms with Gasteiger partial charge in [0.05, 0.1) is 18.1 Å². The van der Waals surface area contributed by atoms with Gasteiger partial charge in [0.25, 0.3) is 0 Å². The number of hydrogen-bond donors (Lipinski definition) is 1. The molecule has 1 saturated carbocycles. The summed E-state index contributed by atoms with van der Waals surface area (Å²) in [4.78, 5) is 12.1. The van der Waals surface area contributed by atoms with Crippen LogP contribution in [-0.4, -0.2) is 19.1 Å². The Labute approximate surface area is 142 Å². The molecule has 0 bridgehead atoms. The molecule has 1 aliphatic rings. The first-order chi connectivity index (χ1) is 11.5. The third kappa shape index (κ3) is 2.88. The van der Waals surface area contributed by atoms with E-state index < -0.39 is 11.0 Å². The molecule has 2 aromatic carbocycles. The number of esters is 1. The average molecular weight is 322 g/mol. The summed E-state index contributed by atoms with van der Waals surface area (Å²) in [5.74, 6) is -0.157. The van der Waals surface area contributed by atoms with Crippen LogP contribution in [0.3, 0.4) is 0 Å². The number of carbonyl (C=O) groups excluding carboxylic acids is 1. The van der Waals surface area contributed by atoms with E-state index in [1.54, 1.807) is 0 Å². The zero-order chi connectivity index (χ0) is 17.2. The van der Waals surface area contributed by atoms with Gasteiger partial charge < -0.3 is 4.74 Å². The van der Waals surface area contributed by atoms with E-state index >= 15 is 0 Å². The van der Waals surface area contributed by atoms with Gasteiger partial charge in [0.1, 0.15) is 5.54 Å². The number of benzene rings is 2. The van der Waals surface area contributed by atoms with Crippen LogP contribution in [0.1, 0.15) is 32.3 Å². The molecule has 3 rings (SSSR count). The summed E-state index contributed by atoms with van der Waals surface area (Å²) in [6, 6.07) is 16.4. The Bertz CT molecular complexity index is 799. The molecule has 1 N–H and O–H groups in total. The minimum atomic E-state index is -0.858. The first-order valence-corrected chi connectivity index (χ1v) is 8.36. The highest BCUT2D eigenvalue weighted by molar-refractivity contribution is 5.87. The lowest BCUT2D eigenvalue weighted by Crippen LogP contribution is -2.43. The van der Waals surface area contributed by atoms with Gasteiger partial charge in [-0.05, 0) is 43.0 Å². The van der Waals surface area contributed by atoms with Crippen LogP contribution in [0.4, 0.5) is 0 Å². The molecule has 0 spiro atoms. The number of ether oxygens (including phenoxy) is 1. The lowest BCUT2D eigenvalue weighted by Gasteiger charge is -2.27. The van der Waals surface area contributed by atoms with Gasteiger partial charge in [-0.3, -0.25) is 10.1 Å². The molecule has 24 heavy (non-hydrogen) atoms. The molecule has 0 heterocycles. The predicted octanol–water partition coefficient (Wildman–Crippen LogP) is 3.51. The van der Waals surface area contributed by atoms with Crippen LogP contribution >= 0.6 is 0 Å². The quantitative estimate of drug-likeness (QED) is 0.827. The standard InChI is InChI=1S/C20H22N2O2/c1-3-24-18(23)20(11-12-20)14-22-19(2,13-21)17-10-6-8-15-7-4-5-9-16(15)17/h4-10,22H,3,11-12,14H2,1-2H3/t19-/m1/s1. The second kappa shape index (κ2) is 6.26. The smallest absolute Gasteiger partial charge is 0.313 e. The summed E-state index contributed by atoms with van der Waals surface area (Å²) in [6.07, 6.45) is 1.63. The van der Waals surface area contributed by atoms with Crippen LogP contribution in [0, 0.1) is 16.7 Å². The Hall–Kier alpha value is -2.38. The van der Waals surface area contributed by atoms with Gasteiger partial charge >= 0.3 is 5.97 Å². The van der Waals surface area contributed by atoms with Crippen LogP contribution < -0.4 is 5.32 Å². The molecule has 0 radical (unpaired) electrons. The number of nitrogens with zero attached hydrogens (tertiary/aromatic N) is 1. The lowest BCUT2D eigenvalue weighted by atomic mass is 9.88. The van der Waals surface area contributed by atoms with Gasteiger partial charge in [-0.25, -0.2) is 0 Å². The van der Waals surface area contributed by atoms with Crippen molar-refractivity contribution in [3.05, 3.63) is 48.0 Å². The van der Waals surface area contributed by atoms with E-state index in [0.717, 1.165) is 29.2 Å². The van der Waals surface area contributed by atoms with Crippen molar-refractivity contribution in [3.8, 4) is 6.07 Å². The monoisotopic (exact) mass is 322 g/mol. The summed E-state index contributed by atoms with van der Waals surface area (Å²) >= 11 is 0. The van der Waals surface area contributed by atoms with E-state index in [1.807, 2.05) is 56.3 Å². The van der Waals surface area contributed by atoms with Crippen molar-refractivity contribution in [2.45, 2.75) is 32.2 Å². The Morgan fingerprint density at radius 3 is 2.67 bits per heavy atom. The van der Waals surface area contributed by atoms with Crippen molar-refractivity contribution < 1.29 is 9.53 Å². The molecule has 124 valence electrons. The maximum absolute atomic E-state index is 12.1. The number of nitriles is 1. The Balaban J connectivity index is 1.87. The molecule has 1 aliphatic carbocycles. The Morgan fingerprint density at radius 1 is 1.29 bits per heavy atom. The highest BCUT2D eigenvalue weighted by atomic mass is 16.5. The van der Waals surface area contributed by atoms with E-state index in [2.05, 4.69) is 11.4 Å². The molecule has 2 aromatic rings. The number of rotatable bonds is 6. The molecular weight excluding hydrogens is 300 g/mol. The molecule has 4 nitrogen and oxygen atoms in total. The summed E-state index contributed by atoms with van der Waals surface area (Å²) in [5.41, 5.74) is -0.385. The largest absolute Gasteiger partial charge is 0.466 e. The van der Waals surface area contributed by atoms with E-state index in [4.69, 9.17) is 4.74 Å². The van der Waals surface area contributed by atoms with Gasteiger partial charge in [-0.15, -0.1) is 0 Å². The maximum atomic E-state index is 12.1. The SMILES string of the molecule is CCOC(=O)C1(CN[C@](C)(C#N)c2cccc3ccccc23)CC1. The van der Waals surface area contributed by atoms with Gasteiger partial charge in [0.15, 0.2) is 0 Å². The van der Waals surface area contributed by atoms with Crippen LogP contribution in [0.2, 0.25) is 0 Å². The van der Waals surface area contributed by atoms with Crippen molar-refractivity contribution >= 4 is 16.7 Å². The minimum absolute atomic E-state index is 0.157. The third-order valence-corrected chi connectivity index (χ3v) is 4.89. The number of fused-ring (bicyclic) bond motifs is 1. The van der Waals surface area contributed by atoms with Crippen molar-refractivity contribution in [2.75, 3.05) is 13.2 Å². The van der Waals surface area contributed by atoms with Gasteiger partial charge in [-0.2, -0.15) is 5.26 Å². The summed E-state index contributed by atoms with van der Waals surface area (Å²) < 4.78 is 5.18. The summed E-state index contributed by atoms with van der Waals surface area (Å²) in [6.45, 7) is 4.53. The third-order valence-electron chi connectivity index (χ3n) is 4.89. The second-order valence-corrected chi connectivity index (χ2v) is 6.62. The van der Waals surface area contributed by atoms with Crippen molar-refractivity contribution in [1.29, 1.82) is 5.26 Å². The van der Waals surface area contributed by atoms with Gasteiger partial charge in [-0.1, -0.05) is 42.5 Å². The average Bonchev–Trinajstić information content (AvgIpc) is 3.41. The zero-order valence-corrected chi connectivity index (χ0v) is 14.1. The molecule has 0 aromatic heterocycles. The molecule has 1 fully saturated rings. The van der Waals surface area contributed by atoms with Gasteiger partial charge in [0, 0.05) is 6.54 Å². The second-order valence-electron chi connectivity index (χ2n) is 6.62. The summed E-state index contributed by atoms with van der Waals surface area (Å²) in [5, 5.41) is 15.3. The first-order valence-electron chi connectivity index (χ1n) is 8.36. The Kier molecular flexibility index (Phi) is 4.29. The molecule has 1 atom stereocenters. The highest BCUT2D eigenvalue weighted by Gasteiger charge is 2.52. The van der Waals surface area contributed by atoms with Crippen LogP contribution in [0.25, 0.3) is 10.8 Å². The minimum Gasteiger partial charge on any atom is -0.466 e. The zero-order valence-electron chi connectivity index (χ0n) is 14.1. The molecular formula is C20H22N2O2. The lowest BCUT2D eigenvalue weighted by molar-refractivity contribution is -0.149. The Morgan fingerprint density at radius 2 is 2.00 bits per heavy atom. The fourth-order valence-electron chi connectivity index (χ4n) is 3.09. The normalized spacial score (nSPS) is 17.7. The topological polar surface area (TPSA) is 62.1 Å². The molecule has 4 heteroatoms. The number of hydrogen-bond acceptors (Lipinski definition) is 4. The fraction of sp³-hybridized carbons (Fsp3) is 0.400. The fourth-order valence-corrected chi connectivity index (χ4v) is 3.09. The van der Waals surface area contributed by atoms with Crippen molar-refractivity contribution in [1.82, 2.24) is 5.32 Å². The number of carbonyl (C=O) groups is 1. The van der Waals surface area contributed by atoms with E-state index in [9.17, 15) is 10.1 Å². The van der Waals surface area contributed by atoms with Crippen LogP contribution in [0.5, 0.6) is 0 Å². The van der Waals surface area contributed by atoms with Crippen molar-refractivity contribution in [3.63, 3.8) is 0 Å². The van der Waals surface area contributed by atoms with Crippen LogP contribution in [-0.2, 0) is 15.1 Å². The molecule has 0 saturated heterocycles. The van der Waals surface area contributed by atoms with Crippen LogP contribution in [0.15, 0.2) is 42.5 Å². The summed E-state index contributed by atoms with van der Waals surface area (Å²) in [7, 11) is 0.